The van der Waals surface area contributed by atoms with Gasteiger partial charge >= 0.3 is 0 Å². The molecule has 27 heavy (non-hydrogen) atoms. The summed E-state index contributed by atoms with van der Waals surface area (Å²) < 4.78 is 1.29. The number of hydrogen-bond donors (Lipinski definition) is 1. The van der Waals surface area contributed by atoms with Crippen molar-refractivity contribution in [2.24, 2.45) is 0 Å². The van der Waals surface area contributed by atoms with Crippen LogP contribution in [-0.4, -0.2) is 31.6 Å². The van der Waals surface area contributed by atoms with E-state index in [-0.39, 0.29) is 28.9 Å². The van der Waals surface area contributed by atoms with Gasteiger partial charge in [0, 0.05) is 17.7 Å². The molecule has 1 heterocycles. The largest absolute Gasteiger partial charge is 0.350 e. The highest BCUT2D eigenvalue weighted by Crippen LogP contribution is 2.23. The molecular weight excluding hydrogens is 346 g/mol. The van der Waals surface area contributed by atoms with Crippen LogP contribution in [-0.2, 0) is 6.42 Å². The second-order valence-electron chi connectivity index (χ2n) is 6.20. The Balaban J connectivity index is 1.69. The quantitative estimate of drug-likeness (QED) is 0.512. The van der Waals surface area contributed by atoms with Crippen molar-refractivity contribution in [2.45, 2.75) is 25.8 Å². The molecule has 1 N–H and O–H groups in total. The molecule has 0 fully saturated rings. The van der Waals surface area contributed by atoms with Gasteiger partial charge in [-0.3, -0.25) is 14.9 Å². The molecule has 3 aromatic rings. The molecular formula is C19H19N5O3. The van der Waals surface area contributed by atoms with Crippen LogP contribution >= 0.6 is 0 Å². The summed E-state index contributed by atoms with van der Waals surface area (Å²) in [7, 11) is 0. The van der Waals surface area contributed by atoms with Gasteiger partial charge in [0.05, 0.1) is 4.92 Å². The molecule has 0 unspecified atom stereocenters. The SMILES string of the molecule is C[C@H](CCc1ccccc1)NC(=O)c1ccc(-n2cncn2)c([N+](=O)[O-])c1. The van der Waals surface area contributed by atoms with Crippen molar-refractivity contribution in [3.63, 3.8) is 0 Å². The van der Waals surface area contributed by atoms with Gasteiger partial charge in [-0.15, -0.1) is 0 Å². The van der Waals surface area contributed by atoms with E-state index in [2.05, 4.69) is 15.4 Å². The molecule has 0 bridgehead atoms. The number of aryl methyl sites for hydroxylation is 1. The maximum absolute atomic E-state index is 12.5. The van der Waals surface area contributed by atoms with E-state index in [9.17, 15) is 14.9 Å². The second-order valence-corrected chi connectivity index (χ2v) is 6.20. The molecule has 1 aromatic heterocycles. The Labute approximate surface area is 156 Å². The highest BCUT2D eigenvalue weighted by Gasteiger charge is 2.20. The number of nitrogens with one attached hydrogen (secondary N) is 1. The summed E-state index contributed by atoms with van der Waals surface area (Å²) in [4.78, 5) is 27.1. The highest BCUT2D eigenvalue weighted by atomic mass is 16.6. The fourth-order valence-electron chi connectivity index (χ4n) is 2.74. The van der Waals surface area contributed by atoms with Gasteiger partial charge in [-0.1, -0.05) is 30.3 Å². The van der Waals surface area contributed by atoms with E-state index in [1.165, 1.54) is 35.0 Å². The van der Waals surface area contributed by atoms with Gasteiger partial charge in [0.1, 0.15) is 18.3 Å². The van der Waals surface area contributed by atoms with Crippen molar-refractivity contribution in [3.8, 4) is 5.69 Å². The zero-order valence-electron chi connectivity index (χ0n) is 14.8. The van der Waals surface area contributed by atoms with E-state index >= 15 is 0 Å². The Hall–Kier alpha value is -3.55. The third-order valence-electron chi connectivity index (χ3n) is 4.19. The number of nitro benzene ring substituents is 1. The van der Waals surface area contributed by atoms with Crippen LogP contribution in [0.2, 0.25) is 0 Å². The lowest BCUT2D eigenvalue weighted by atomic mass is 10.1. The third-order valence-corrected chi connectivity index (χ3v) is 4.19. The summed E-state index contributed by atoms with van der Waals surface area (Å²) >= 11 is 0. The molecule has 0 saturated heterocycles. The number of amides is 1. The van der Waals surface area contributed by atoms with Crippen molar-refractivity contribution >= 4 is 11.6 Å². The third kappa shape index (κ3) is 4.55. The molecule has 1 amide bonds. The summed E-state index contributed by atoms with van der Waals surface area (Å²) in [6.07, 6.45) is 4.27. The predicted molar refractivity (Wildman–Crippen MR) is 99.7 cm³/mol. The van der Waals surface area contributed by atoms with Crippen LogP contribution in [0.1, 0.15) is 29.3 Å². The Morgan fingerprint density at radius 2 is 2.04 bits per heavy atom. The Bertz CT molecular complexity index is 926. The van der Waals surface area contributed by atoms with E-state index in [1.807, 2.05) is 37.3 Å². The van der Waals surface area contributed by atoms with Gasteiger partial charge in [0.2, 0.25) is 0 Å². The highest BCUT2D eigenvalue weighted by molar-refractivity contribution is 5.95. The first-order valence-corrected chi connectivity index (χ1v) is 8.53. The van der Waals surface area contributed by atoms with Crippen LogP contribution in [0.25, 0.3) is 5.69 Å². The van der Waals surface area contributed by atoms with Crippen LogP contribution in [0.4, 0.5) is 5.69 Å². The van der Waals surface area contributed by atoms with E-state index in [4.69, 9.17) is 0 Å². The summed E-state index contributed by atoms with van der Waals surface area (Å²) in [5.41, 5.74) is 1.49. The number of hydrogen-bond acceptors (Lipinski definition) is 5. The van der Waals surface area contributed by atoms with E-state index in [1.54, 1.807) is 6.07 Å². The summed E-state index contributed by atoms with van der Waals surface area (Å²) in [5.74, 6) is -0.344. The summed E-state index contributed by atoms with van der Waals surface area (Å²) in [5, 5.41) is 18.2. The number of rotatable bonds is 7. The minimum absolute atomic E-state index is 0.0632. The van der Waals surface area contributed by atoms with Crippen LogP contribution < -0.4 is 5.32 Å². The lowest BCUT2D eigenvalue weighted by molar-refractivity contribution is -0.384. The first-order valence-electron chi connectivity index (χ1n) is 8.53. The van der Waals surface area contributed by atoms with E-state index < -0.39 is 4.92 Å². The molecule has 0 spiro atoms. The summed E-state index contributed by atoms with van der Waals surface area (Å²) in [6.45, 7) is 1.92. The molecule has 0 aliphatic heterocycles. The molecule has 8 nitrogen and oxygen atoms in total. The average Bonchev–Trinajstić information content (AvgIpc) is 3.21. The molecule has 3 rings (SSSR count). The van der Waals surface area contributed by atoms with Crippen molar-refractivity contribution in [1.29, 1.82) is 0 Å². The molecule has 8 heteroatoms. The number of benzene rings is 2. The minimum Gasteiger partial charge on any atom is -0.350 e. The number of aromatic nitrogens is 3. The normalized spacial score (nSPS) is 11.7. The molecule has 0 aliphatic carbocycles. The van der Waals surface area contributed by atoms with E-state index in [0.717, 1.165) is 12.8 Å². The number of nitrogens with zero attached hydrogens (tertiary/aromatic N) is 4. The number of nitro groups is 1. The van der Waals surface area contributed by atoms with Gasteiger partial charge in [-0.25, -0.2) is 9.67 Å². The zero-order valence-corrected chi connectivity index (χ0v) is 14.8. The predicted octanol–water partition coefficient (Wildman–Crippen LogP) is 2.93. The molecule has 0 saturated carbocycles. The Kier molecular flexibility index (Phi) is 5.55. The van der Waals surface area contributed by atoms with Crippen molar-refractivity contribution in [1.82, 2.24) is 20.1 Å². The van der Waals surface area contributed by atoms with E-state index in [0.29, 0.717) is 0 Å². The fraction of sp³-hybridized carbons (Fsp3) is 0.211. The van der Waals surface area contributed by atoms with Crippen LogP contribution in [0.3, 0.4) is 0 Å². The molecule has 0 radical (unpaired) electrons. The fourth-order valence-corrected chi connectivity index (χ4v) is 2.74. The molecule has 1 atom stereocenters. The van der Waals surface area contributed by atoms with Crippen LogP contribution in [0, 0.1) is 10.1 Å². The lowest BCUT2D eigenvalue weighted by Gasteiger charge is -2.14. The van der Waals surface area contributed by atoms with Gasteiger partial charge in [-0.05, 0) is 37.5 Å². The standard InChI is InChI=1S/C19H19N5O3/c1-14(7-8-15-5-3-2-4-6-15)22-19(25)16-9-10-17(18(11-16)24(26)27)23-13-20-12-21-23/h2-6,9-14H,7-8H2,1H3,(H,22,25)/t14-/m1/s1. The zero-order chi connectivity index (χ0) is 19.2. The van der Waals surface area contributed by atoms with Crippen LogP contribution in [0.15, 0.2) is 61.2 Å². The molecule has 0 aliphatic rings. The van der Waals surface area contributed by atoms with Gasteiger partial charge < -0.3 is 5.32 Å². The first-order chi connectivity index (χ1) is 13.0. The molecule has 138 valence electrons. The second kappa shape index (κ2) is 8.22. The minimum atomic E-state index is -0.535. The van der Waals surface area contributed by atoms with Gasteiger partial charge in [0.25, 0.3) is 11.6 Å². The number of carbonyl (C=O) groups is 1. The Morgan fingerprint density at radius 1 is 1.26 bits per heavy atom. The summed E-state index contributed by atoms with van der Waals surface area (Å²) in [6, 6.07) is 14.2. The monoisotopic (exact) mass is 365 g/mol. The number of carbonyl (C=O) groups excluding carboxylic acids is 1. The van der Waals surface area contributed by atoms with Gasteiger partial charge in [-0.2, -0.15) is 5.10 Å². The average molecular weight is 365 g/mol. The van der Waals surface area contributed by atoms with Crippen LogP contribution in [0.5, 0.6) is 0 Å². The van der Waals surface area contributed by atoms with Crippen molar-refractivity contribution in [3.05, 3.63) is 82.4 Å². The van der Waals surface area contributed by atoms with Gasteiger partial charge in [0.15, 0.2) is 0 Å². The van der Waals surface area contributed by atoms with Crippen molar-refractivity contribution < 1.29 is 9.72 Å². The Morgan fingerprint density at radius 3 is 2.70 bits per heavy atom. The smallest absolute Gasteiger partial charge is 0.295 e. The lowest BCUT2D eigenvalue weighted by Crippen LogP contribution is -2.33. The van der Waals surface area contributed by atoms with Crippen molar-refractivity contribution in [2.75, 3.05) is 0 Å². The molecule has 2 aromatic carbocycles. The topological polar surface area (TPSA) is 103 Å². The maximum atomic E-state index is 12.5. The maximum Gasteiger partial charge on any atom is 0.295 e. The first kappa shape index (κ1) is 18.2.